The van der Waals surface area contributed by atoms with Crippen LogP contribution in [0.25, 0.3) is 0 Å². The highest BCUT2D eigenvalue weighted by Crippen LogP contribution is 2.29. The van der Waals surface area contributed by atoms with Gasteiger partial charge in [0, 0.05) is 37.8 Å². The van der Waals surface area contributed by atoms with Gasteiger partial charge in [0.1, 0.15) is 17.8 Å². The molecule has 0 aliphatic carbocycles. The van der Waals surface area contributed by atoms with Crippen molar-refractivity contribution in [2.24, 2.45) is 0 Å². The largest absolute Gasteiger partial charge is 0.433 e. The van der Waals surface area contributed by atoms with Crippen LogP contribution in [0, 0.1) is 6.92 Å². The molecule has 1 aromatic heterocycles. The van der Waals surface area contributed by atoms with E-state index in [9.17, 15) is 18.0 Å². The van der Waals surface area contributed by atoms with E-state index in [1.807, 2.05) is 25.1 Å². The standard InChI is InChI=1S/C17H17F3N4O/c1-12-3-2-4-13(9-12)16(25)24-7-5-23(6-8-24)15-10-14(17(18,19)20)21-11-22-15/h2-4,9-11H,5-8H2,1H3. The summed E-state index contributed by atoms with van der Waals surface area (Å²) in [7, 11) is 0. The number of aryl methyl sites for hydroxylation is 1. The van der Waals surface area contributed by atoms with Gasteiger partial charge in [0.05, 0.1) is 0 Å². The minimum atomic E-state index is -4.50. The van der Waals surface area contributed by atoms with Crippen LogP contribution < -0.4 is 4.90 Å². The van der Waals surface area contributed by atoms with E-state index in [4.69, 9.17) is 0 Å². The fraction of sp³-hybridized carbons (Fsp3) is 0.353. The number of rotatable bonds is 2. The Kier molecular flexibility index (Phi) is 4.61. The summed E-state index contributed by atoms with van der Waals surface area (Å²) < 4.78 is 38.3. The van der Waals surface area contributed by atoms with Crippen LogP contribution in [0.4, 0.5) is 19.0 Å². The van der Waals surface area contributed by atoms with Gasteiger partial charge in [-0.05, 0) is 19.1 Å². The van der Waals surface area contributed by atoms with Gasteiger partial charge in [-0.2, -0.15) is 13.2 Å². The van der Waals surface area contributed by atoms with E-state index in [2.05, 4.69) is 9.97 Å². The van der Waals surface area contributed by atoms with Crippen molar-refractivity contribution in [2.75, 3.05) is 31.1 Å². The second-order valence-electron chi connectivity index (χ2n) is 5.91. The second-order valence-corrected chi connectivity index (χ2v) is 5.91. The molecule has 1 aliphatic rings. The lowest BCUT2D eigenvalue weighted by atomic mass is 10.1. The maximum Gasteiger partial charge on any atom is 0.433 e. The lowest BCUT2D eigenvalue weighted by Gasteiger charge is -2.35. The molecule has 0 N–H and O–H groups in total. The maximum absolute atomic E-state index is 12.8. The fourth-order valence-corrected chi connectivity index (χ4v) is 2.77. The number of carbonyl (C=O) groups excluding carboxylic acids is 1. The molecule has 0 unspecified atom stereocenters. The summed E-state index contributed by atoms with van der Waals surface area (Å²) in [6, 6.07) is 8.29. The highest BCUT2D eigenvalue weighted by atomic mass is 19.4. The Labute approximate surface area is 143 Å². The summed E-state index contributed by atoms with van der Waals surface area (Å²) >= 11 is 0. The van der Waals surface area contributed by atoms with E-state index in [0.717, 1.165) is 18.0 Å². The molecule has 1 saturated heterocycles. The van der Waals surface area contributed by atoms with E-state index in [1.165, 1.54) is 0 Å². The van der Waals surface area contributed by atoms with Gasteiger partial charge in [-0.15, -0.1) is 0 Å². The number of amides is 1. The van der Waals surface area contributed by atoms with Crippen LogP contribution in [-0.2, 0) is 6.18 Å². The molecular weight excluding hydrogens is 333 g/mol. The third-order valence-electron chi connectivity index (χ3n) is 4.10. The van der Waals surface area contributed by atoms with Crippen molar-refractivity contribution >= 4 is 11.7 Å². The van der Waals surface area contributed by atoms with Crippen LogP contribution in [0.2, 0.25) is 0 Å². The summed E-state index contributed by atoms with van der Waals surface area (Å²) in [6.45, 7) is 3.62. The number of hydrogen-bond donors (Lipinski definition) is 0. The van der Waals surface area contributed by atoms with Crippen molar-refractivity contribution in [1.82, 2.24) is 14.9 Å². The van der Waals surface area contributed by atoms with E-state index in [0.29, 0.717) is 31.7 Å². The van der Waals surface area contributed by atoms with Crippen LogP contribution in [0.5, 0.6) is 0 Å². The van der Waals surface area contributed by atoms with Crippen LogP contribution in [-0.4, -0.2) is 47.0 Å². The Bertz CT molecular complexity index is 770. The number of hydrogen-bond acceptors (Lipinski definition) is 4. The van der Waals surface area contributed by atoms with E-state index in [1.54, 1.807) is 15.9 Å². The number of anilines is 1. The average molecular weight is 350 g/mol. The molecule has 1 amide bonds. The number of aromatic nitrogens is 2. The van der Waals surface area contributed by atoms with Crippen molar-refractivity contribution in [3.8, 4) is 0 Å². The quantitative estimate of drug-likeness (QED) is 0.836. The van der Waals surface area contributed by atoms with Gasteiger partial charge < -0.3 is 9.80 Å². The van der Waals surface area contributed by atoms with Gasteiger partial charge in [-0.25, -0.2) is 9.97 Å². The first kappa shape index (κ1) is 17.2. The highest BCUT2D eigenvalue weighted by molar-refractivity contribution is 5.94. The Morgan fingerprint density at radius 2 is 1.80 bits per heavy atom. The molecule has 0 radical (unpaired) electrons. The first-order valence-corrected chi connectivity index (χ1v) is 7.85. The molecule has 8 heteroatoms. The van der Waals surface area contributed by atoms with Crippen molar-refractivity contribution < 1.29 is 18.0 Å². The number of nitrogens with zero attached hydrogens (tertiary/aromatic N) is 4. The normalized spacial score (nSPS) is 15.4. The first-order valence-electron chi connectivity index (χ1n) is 7.85. The summed E-state index contributed by atoms with van der Waals surface area (Å²) in [6.07, 6.45) is -3.58. The minimum Gasteiger partial charge on any atom is -0.353 e. The number of halogens is 3. The average Bonchev–Trinajstić information content (AvgIpc) is 2.61. The molecule has 1 aliphatic heterocycles. The number of benzene rings is 1. The molecule has 0 saturated carbocycles. The molecule has 1 fully saturated rings. The van der Waals surface area contributed by atoms with E-state index in [-0.39, 0.29) is 11.7 Å². The minimum absolute atomic E-state index is 0.0676. The molecule has 25 heavy (non-hydrogen) atoms. The monoisotopic (exact) mass is 350 g/mol. The Hall–Kier alpha value is -2.64. The van der Waals surface area contributed by atoms with Gasteiger partial charge >= 0.3 is 6.18 Å². The SMILES string of the molecule is Cc1cccc(C(=O)N2CCN(c3cc(C(F)(F)F)ncn3)CC2)c1. The third-order valence-corrected chi connectivity index (χ3v) is 4.10. The molecule has 5 nitrogen and oxygen atoms in total. The zero-order valence-electron chi connectivity index (χ0n) is 13.6. The molecule has 1 aromatic carbocycles. The van der Waals surface area contributed by atoms with Crippen LogP contribution in [0.1, 0.15) is 21.6 Å². The number of piperazine rings is 1. The zero-order chi connectivity index (χ0) is 18.0. The Morgan fingerprint density at radius 1 is 1.08 bits per heavy atom. The molecule has 132 valence electrons. The predicted octanol–water partition coefficient (Wildman–Crippen LogP) is 2.77. The van der Waals surface area contributed by atoms with Crippen molar-refractivity contribution in [1.29, 1.82) is 0 Å². The van der Waals surface area contributed by atoms with Crippen molar-refractivity contribution in [2.45, 2.75) is 13.1 Å². The fourth-order valence-electron chi connectivity index (χ4n) is 2.77. The first-order chi connectivity index (χ1) is 11.8. The van der Waals surface area contributed by atoms with Crippen molar-refractivity contribution in [3.05, 3.63) is 53.5 Å². The molecule has 0 spiro atoms. The van der Waals surface area contributed by atoms with Crippen LogP contribution >= 0.6 is 0 Å². The lowest BCUT2D eigenvalue weighted by molar-refractivity contribution is -0.141. The highest BCUT2D eigenvalue weighted by Gasteiger charge is 2.33. The Morgan fingerprint density at radius 3 is 2.44 bits per heavy atom. The molecule has 3 rings (SSSR count). The topological polar surface area (TPSA) is 49.3 Å². The van der Waals surface area contributed by atoms with E-state index >= 15 is 0 Å². The van der Waals surface area contributed by atoms with Crippen LogP contribution in [0.3, 0.4) is 0 Å². The van der Waals surface area contributed by atoms with Gasteiger partial charge in [0.25, 0.3) is 5.91 Å². The van der Waals surface area contributed by atoms with Gasteiger partial charge in [0.2, 0.25) is 0 Å². The summed E-state index contributed by atoms with van der Waals surface area (Å²) in [4.78, 5) is 23.1. The number of carbonyl (C=O) groups is 1. The summed E-state index contributed by atoms with van der Waals surface area (Å²) in [5, 5.41) is 0. The smallest absolute Gasteiger partial charge is 0.353 e. The Balaban J connectivity index is 1.67. The molecule has 0 bridgehead atoms. The lowest BCUT2D eigenvalue weighted by Crippen LogP contribution is -2.49. The van der Waals surface area contributed by atoms with Gasteiger partial charge in [0.15, 0.2) is 0 Å². The molecule has 2 aromatic rings. The molecule has 2 heterocycles. The van der Waals surface area contributed by atoms with Crippen LogP contribution in [0.15, 0.2) is 36.7 Å². The predicted molar refractivity (Wildman–Crippen MR) is 86.3 cm³/mol. The van der Waals surface area contributed by atoms with E-state index < -0.39 is 11.9 Å². The zero-order valence-corrected chi connectivity index (χ0v) is 13.6. The maximum atomic E-state index is 12.8. The number of alkyl halides is 3. The van der Waals surface area contributed by atoms with Gasteiger partial charge in [-0.1, -0.05) is 17.7 Å². The molecule has 0 atom stereocenters. The third kappa shape index (κ3) is 3.89. The summed E-state index contributed by atoms with van der Waals surface area (Å²) in [5.41, 5.74) is 0.663. The summed E-state index contributed by atoms with van der Waals surface area (Å²) in [5.74, 6) is 0.159. The second kappa shape index (κ2) is 6.70. The molecular formula is C17H17F3N4O. The van der Waals surface area contributed by atoms with Gasteiger partial charge in [-0.3, -0.25) is 4.79 Å². The van der Waals surface area contributed by atoms with Crippen molar-refractivity contribution in [3.63, 3.8) is 0 Å².